The minimum Gasteiger partial charge on any atom is -0.493 e. The molecular formula is C22H26N2O4. The van der Waals surface area contributed by atoms with Crippen LogP contribution in [0, 0.1) is 0 Å². The smallest absolute Gasteiger partial charge is 0.203 e. The summed E-state index contributed by atoms with van der Waals surface area (Å²) in [5.74, 6) is 2.57. The van der Waals surface area contributed by atoms with Gasteiger partial charge in [0.2, 0.25) is 5.75 Å². The number of rotatable bonds is 8. The van der Waals surface area contributed by atoms with Crippen molar-refractivity contribution in [2.24, 2.45) is 0 Å². The van der Waals surface area contributed by atoms with E-state index in [0.717, 1.165) is 21.9 Å². The van der Waals surface area contributed by atoms with Gasteiger partial charge in [-0.1, -0.05) is 6.07 Å². The highest BCUT2D eigenvalue weighted by Crippen LogP contribution is 2.40. The number of methoxy groups -OCH3 is 2. The summed E-state index contributed by atoms with van der Waals surface area (Å²) >= 11 is 0. The van der Waals surface area contributed by atoms with Gasteiger partial charge in [0, 0.05) is 17.8 Å². The molecule has 0 aliphatic rings. The molecule has 2 aromatic carbocycles. The number of nitrogens with two attached hydrogens (primary N) is 1. The standard InChI is InChI=1S/C22H26N2O4/c1-5-27-18-8-7-16-15(12-24-13-17(16)21(18)23)9-14-10-19(25-3)22(28-6-2)20(11-14)26-4/h7-8,10-13H,5-6,9,23H2,1-4H3. The predicted octanol–water partition coefficient (Wildman–Crippen LogP) is 4.22. The SMILES string of the molecule is CCOc1ccc2c(Cc3cc(OC)c(OCC)c(OC)c3)cncc2c1N. The number of ether oxygens (including phenoxy) is 4. The maximum absolute atomic E-state index is 6.29. The van der Waals surface area contributed by atoms with Crippen LogP contribution in [0.5, 0.6) is 23.0 Å². The normalized spacial score (nSPS) is 10.7. The van der Waals surface area contributed by atoms with E-state index >= 15 is 0 Å². The topological polar surface area (TPSA) is 75.8 Å². The highest BCUT2D eigenvalue weighted by molar-refractivity contribution is 5.97. The van der Waals surface area contributed by atoms with Crippen LogP contribution in [0.4, 0.5) is 5.69 Å². The molecular weight excluding hydrogens is 356 g/mol. The number of hydrogen-bond donors (Lipinski definition) is 1. The van der Waals surface area contributed by atoms with E-state index in [1.165, 1.54) is 0 Å². The number of pyridine rings is 1. The average molecular weight is 382 g/mol. The Morgan fingerprint density at radius 3 is 2.14 bits per heavy atom. The Balaban J connectivity index is 2.04. The van der Waals surface area contributed by atoms with Gasteiger partial charge in [-0.2, -0.15) is 0 Å². The monoisotopic (exact) mass is 382 g/mol. The van der Waals surface area contributed by atoms with Crippen LogP contribution in [-0.2, 0) is 6.42 Å². The van der Waals surface area contributed by atoms with E-state index in [0.29, 0.717) is 48.3 Å². The second-order valence-corrected chi connectivity index (χ2v) is 6.24. The van der Waals surface area contributed by atoms with Crippen molar-refractivity contribution in [1.29, 1.82) is 0 Å². The fraction of sp³-hybridized carbons (Fsp3) is 0.318. The molecule has 3 aromatic rings. The summed E-state index contributed by atoms with van der Waals surface area (Å²) in [5, 5.41) is 1.93. The molecule has 148 valence electrons. The van der Waals surface area contributed by atoms with E-state index in [2.05, 4.69) is 4.98 Å². The second-order valence-electron chi connectivity index (χ2n) is 6.24. The molecule has 0 aliphatic heterocycles. The van der Waals surface area contributed by atoms with Crippen LogP contribution in [0.15, 0.2) is 36.7 Å². The van der Waals surface area contributed by atoms with Gasteiger partial charge in [-0.15, -0.1) is 0 Å². The van der Waals surface area contributed by atoms with Crippen molar-refractivity contribution < 1.29 is 18.9 Å². The number of fused-ring (bicyclic) bond motifs is 1. The zero-order valence-corrected chi connectivity index (χ0v) is 16.7. The molecule has 1 heterocycles. The van der Waals surface area contributed by atoms with Gasteiger partial charge in [0.15, 0.2) is 11.5 Å². The van der Waals surface area contributed by atoms with Crippen molar-refractivity contribution in [1.82, 2.24) is 4.98 Å². The van der Waals surface area contributed by atoms with Crippen LogP contribution >= 0.6 is 0 Å². The van der Waals surface area contributed by atoms with E-state index in [1.54, 1.807) is 20.4 Å². The van der Waals surface area contributed by atoms with Gasteiger partial charge < -0.3 is 24.7 Å². The first-order chi connectivity index (χ1) is 13.6. The Bertz CT molecular complexity index is 947. The minimum absolute atomic E-state index is 0.529. The molecule has 0 radical (unpaired) electrons. The number of nitrogens with zero attached hydrogens (tertiary/aromatic N) is 1. The lowest BCUT2D eigenvalue weighted by molar-refractivity contribution is 0.288. The molecule has 3 rings (SSSR count). The first-order valence-electron chi connectivity index (χ1n) is 9.28. The number of hydrogen-bond acceptors (Lipinski definition) is 6. The zero-order valence-electron chi connectivity index (χ0n) is 16.7. The quantitative estimate of drug-likeness (QED) is 0.588. The van der Waals surface area contributed by atoms with Gasteiger partial charge in [0.25, 0.3) is 0 Å². The molecule has 0 saturated carbocycles. The zero-order chi connectivity index (χ0) is 20.1. The van der Waals surface area contributed by atoms with Crippen molar-refractivity contribution in [2.75, 3.05) is 33.2 Å². The summed E-state index contributed by atoms with van der Waals surface area (Å²) in [6.45, 7) is 4.95. The molecule has 28 heavy (non-hydrogen) atoms. The van der Waals surface area contributed by atoms with E-state index in [1.807, 2.05) is 44.3 Å². The van der Waals surface area contributed by atoms with Crippen molar-refractivity contribution >= 4 is 16.5 Å². The highest BCUT2D eigenvalue weighted by atomic mass is 16.5. The van der Waals surface area contributed by atoms with Crippen molar-refractivity contribution in [2.45, 2.75) is 20.3 Å². The fourth-order valence-corrected chi connectivity index (χ4v) is 3.27. The predicted molar refractivity (Wildman–Crippen MR) is 111 cm³/mol. The molecule has 1 aromatic heterocycles. The molecule has 2 N–H and O–H groups in total. The minimum atomic E-state index is 0.529. The van der Waals surface area contributed by atoms with Crippen LogP contribution < -0.4 is 24.7 Å². The third kappa shape index (κ3) is 3.76. The Hall–Kier alpha value is -3.15. The summed E-state index contributed by atoms with van der Waals surface area (Å²) in [5.41, 5.74) is 8.98. The van der Waals surface area contributed by atoms with Gasteiger partial charge in [-0.3, -0.25) is 4.98 Å². The summed E-state index contributed by atoms with van der Waals surface area (Å²) in [6, 6.07) is 7.86. The van der Waals surface area contributed by atoms with Gasteiger partial charge in [-0.05, 0) is 55.0 Å². The van der Waals surface area contributed by atoms with Crippen molar-refractivity contribution in [3.05, 3.63) is 47.8 Å². The van der Waals surface area contributed by atoms with Crippen LogP contribution in [0.1, 0.15) is 25.0 Å². The number of benzene rings is 2. The molecule has 0 amide bonds. The summed E-state index contributed by atoms with van der Waals surface area (Å²) in [7, 11) is 3.24. The number of aromatic nitrogens is 1. The maximum Gasteiger partial charge on any atom is 0.203 e. The first kappa shape index (κ1) is 19.6. The number of nitrogen functional groups attached to an aromatic ring is 1. The van der Waals surface area contributed by atoms with Crippen molar-refractivity contribution in [3.8, 4) is 23.0 Å². The average Bonchev–Trinajstić information content (AvgIpc) is 2.71. The Morgan fingerprint density at radius 2 is 1.54 bits per heavy atom. The molecule has 6 heteroatoms. The third-order valence-electron chi connectivity index (χ3n) is 4.53. The van der Waals surface area contributed by atoms with Crippen LogP contribution in [0.3, 0.4) is 0 Å². The van der Waals surface area contributed by atoms with E-state index in [9.17, 15) is 0 Å². The van der Waals surface area contributed by atoms with Gasteiger partial charge >= 0.3 is 0 Å². The lowest BCUT2D eigenvalue weighted by atomic mass is 9.99. The summed E-state index contributed by atoms with van der Waals surface area (Å²) in [6.07, 6.45) is 4.28. The molecule has 0 aliphatic carbocycles. The fourth-order valence-electron chi connectivity index (χ4n) is 3.27. The van der Waals surface area contributed by atoms with Gasteiger partial charge in [0.1, 0.15) is 5.75 Å². The lowest BCUT2D eigenvalue weighted by Gasteiger charge is -2.16. The molecule has 6 nitrogen and oxygen atoms in total. The van der Waals surface area contributed by atoms with Gasteiger partial charge in [-0.25, -0.2) is 0 Å². The molecule has 0 fully saturated rings. The molecule has 0 atom stereocenters. The second kappa shape index (κ2) is 8.69. The summed E-state index contributed by atoms with van der Waals surface area (Å²) in [4.78, 5) is 4.38. The number of anilines is 1. The molecule has 0 spiro atoms. The largest absolute Gasteiger partial charge is 0.493 e. The molecule has 0 saturated heterocycles. The van der Waals surface area contributed by atoms with Gasteiger partial charge in [0.05, 0.1) is 33.1 Å². The molecule has 0 bridgehead atoms. The third-order valence-corrected chi connectivity index (χ3v) is 4.53. The van der Waals surface area contributed by atoms with Crippen LogP contribution in [-0.4, -0.2) is 32.4 Å². The van der Waals surface area contributed by atoms with E-state index in [-0.39, 0.29) is 0 Å². The van der Waals surface area contributed by atoms with Crippen LogP contribution in [0.2, 0.25) is 0 Å². The Labute approximate surface area is 165 Å². The molecule has 0 unspecified atom stereocenters. The Morgan fingerprint density at radius 1 is 0.857 bits per heavy atom. The summed E-state index contributed by atoms with van der Waals surface area (Å²) < 4.78 is 22.3. The van der Waals surface area contributed by atoms with E-state index in [4.69, 9.17) is 24.7 Å². The maximum atomic E-state index is 6.29. The highest BCUT2D eigenvalue weighted by Gasteiger charge is 2.15. The van der Waals surface area contributed by atoms with Crippen LogP contribution in [0.25, 0.3) is 10.8 Å². The lowest BCUT2D eigenvalue weighted by Crippen LogP contribution is -2.01. The van der Waals surface area contributed by atoms with Crippen molar-refractivity contribution in [3.63, 3.8) is 0 Å². The van der Waals surface area contributed by atoms with E-state index < -0.39 is 0 Å². The first-order valence-corrected chi connectivity index (χ1v) is 9.28. The Kier molecular flexibility index (Phi) is 6.09.